The third kappa shape index (κ3) is 4.36. The maximum absolute atomic E-state index is 12.2. The van der Waals surface area contributed by atoms with Crippen LogP contribution in [0.5, 0.6) is 0 Å². The normalized spacial score (nSPS) is 14.0. The van der Waals surface area contributed by atoms with Crippen LogP contribution in [0.3, 0.4) is 0 Å². The summed E-state index contributed by atoms with van der Waals surface area (Å²) in [6.07, 6.45) is 1.96. The van der Waals surface area contributed by atoms with Gasteiger partial charge in [-0.2, -0.15) is 5.10 Å². The topological polar surface area (TPSA) is 70.6 Å². The number of aryl methyl sites for hydroxylation is 2. The molecule has 2 aromatic rings. The quantitative estimate of drug-likeness (QED) is 0.636. The summed E-state index contributed by atoms with van der Waals surface area (Å²) >= 11 is 0. The first-order valence-electron chi connectivity index (χ1n) is 8.77. The summed E-state index contributed by atoms with van der Waals surface area (Å²) in [7, 11) is 0. The molecule has 1 aliphatic carbocycles. The molecule has 1 fully saturated rings. The summed E-state index contributed by atoms with van der Waals surface area (Å²) < 4.78 is 0. The Bertz CT molecular complexity index is 865. The van der Waals surface area contributed by atoms with Crippen molar-refractivity contribution in [2.45, 2.75) is 33.6 Å². The van der Waals surface area contributed by atoms with Crippen LogP contribution < -0.4 is 10.7 Å². The lowest BCUT2D eigenvalue weighted by Crippen LogP contribution is -2.19. The van der Waals surface area contributed by atoms with Crippen LogP contribution in [-0.2, 0) is 4.79 Å². The maximum Gasteiger partial charge on any atom is 0.271 e. The zero-order chi connectivity index (χ0) is 18.7. The minimum atomic E-state index is -0.235. The van der Waals surface area contributed by atoms with Crippen LogP contribution in [0.4, 0.5) is 5.69 Å². The molecule has 1 aliphatic rings. The maximum atomic E-state index is 12.2. The van der Waals surface area contributed by atoms with Gasteiger partial charge in [0.05, 0.1) is 5.71 Å². The standard InChI is InChI=1S/C21H23N3O2/c1-13-4-5-18(12-14(13)2)21(26)24-23-15(3)16-8-10-19(11-9-16)22-20(25)17-6-7-17/h4-5,8-12,17H,6-7H2,1-3H3,(H,22,25)(H,24,26)/b23-15-. The number of hydrazone groups is 1. The average molecular weight is 349 g/mol. The second-order valence-corrected chi connectivity index (χ2v) is 6.78. The molecule has 2 amide bonds. The Morgan fingerprint density at radius 1 is 0.962 bits per heavy atom. The van der Waals surface area contributed by atoms with Crippen LogP contribution in [0.1, 0.15) is 46.8 Å². The first-order chi connectivity index (χ1) is 12.4. The molecule has 2 aromatic carbocycles. The first-order valence-corrected chi connectivity index (χ1v) is 8.77. The van der Waals surface area contributed by atoms with Gasteiger partial charge in [0.25, 0.3) is 5.91 Å². The Balaban J connectivity index is 1.62. The summed E-state index contributed by atoms with van der Waals surface area (Å²) in [5.74, 6) is 0.0307. The van der Waals surface area contributed by atoms with Gasteiger partial charge in [0, 0.05) is 17.2 Å². The van der Waals surface area contributed by atoms with Crippen LogP contribution in [0, 0.1) is 19.8 Å². The number of rotatable bonds is 5. The molecule has 0 atom stereocenters. The molecule has 0 spiro atoms. The molecule has 134 valence electrons. The van der Waals surface area contributed by atoms with Gasteiger partial charge < -0.3 is 5.32 Å². The zero-order valence-corrected chi connectivity index (χ0v) is 15.3. The molecular formula is C21H23N3O2. The lowest BCUT2D eigenvalue weighted by Gasteiger charge is -2.07. The molecule has 0 saturated heterocycles. The van der Waals surface area contributed by atoms with Crippen molar-refractivity contribution in [3.63, 3.8) is 0 Å². The number of carbonyl (C=O) groups excluding carboxylic acids is 2. The minimum absolute atomic E-state index is 0.0868. The minimum Gasteiger partial charge on any atom is -0.326 e. The highest BCUT2D eigenvalue weighted by molar-refractivity contribution is 6.01. The highest BCUT2D eigenvalue weighted by Gasteiger charge is 2.29. The third-order valence-electron chi connectivity index (χ3n) is 4.61. The van der Waals surface area contributed by atoms with E-state index in [0.717, 1.165) is 35.2 Å². The van der Waals surface area contributed by atoms with Gasteiger partial charge >= 0.3 is 0 Å². The van der Waals surface area contributed by atoms with Gasteiger partial charge in [0.1, 0.15) is 0 Å². The number of hydrogen-bond donors (Lipinski definition) is 2. The molecule has 2 N–H and O–H groups in total. The lowest BCUT2D eigenvalue weighted by molar-refractivity contribution is -0.117. The van der Waals surface area contributed by atoms with Crippen molar-refractivity contribution < 1.29 is 9.59 Å². The van der Waals surface area contributed by atoms with Crippen LogP contribution in [0.25, 0.3) is 0 Å². The van der Waals surface area contributed by atoms with E-state index in [1.165, 1.54) is 0 Å². The van der Waals surface area contributed by atoms with Crippen molar-refractivity contribution in [1.29, 1.82) is 0 Å². The van der Waals surface area contributed by atoms with E-state index in [4.69, 9.17) is 0 Å². The molecule has 0 bridgehead atoms. The summed E-state index contributed by atoms with van der Waals surface area (Å²) in [5, 5.41) is 7.08. The molecular weight excluding hydrogens is 326 g/mol. The summed E-state index contributed by atoms with van der Waals surface area (Å²) in [6.45, 7) is 5.82. The Hall–Kier alpha value is -2.95. The Morgan fingerprint density at radius 2 is 1.62 bits per heavy atom. The predicted molar refractivity (Wildman–Crippen MR) is 103 cm³/mol. The van der Waals surface area contributed by atoms with Crippen molar-refractivity contribution in [1.82, 2.24) is 5.43 Å². The van der Waals surface area contributed by atoms with E-state index < -0.39 is 0 Å². The SMILES string of the molecule is C/C(=N/NC(=O)c1ccc(C)c(C)c1)c1ccc(NC(=O)C2CC2)cc1. The van der Waals surface area contributed by atoms with E-state index >= 15 is 0 Å². The van der Waals surface area contributed by atoms with E-state index in [1.54, 1.807) is 6.07 Å². The number of nitrogens with zero attached hydrogens (tertiary/aromatic N) is 1. The summed E-state index contributed by atoms with van der Waals surface area (Å²) in [6, 6.07) is 13.0. The number of anilines is 1. The number of carbonyl (C=O) groups is 2. The van der Waals surface area contributed by atoms with E-state index in [1.807, 2.05) is 57.2 Å². The number of nitrogens with one attached hydrogen (secondary N) is 2. The molecule has 0 aliphatic heterocycles. The Morgan fingerprint density at radius 3 is 2.23 bits per heavy atom. The third-order valence-corrected chi connectivity index (χ3v) is 4.61. The largest absolute Gasteiger partial charge is 0.326 e. The van der Waals surface area contributed by atoms with Gasteiger partial charge in [0.2, 0.25) is 5.91 Å². The molecule has 5 nitrogen and oxygen atoms in total. The van der Waals surface area contributed by atoms with Gasteiger partial charge in [-0.05, 0) is 74.6 Å². The smallest absolute Gasteiger partial charge is 0.271 e. The average Bonchev–Trinajstić information content (AvgIpc) is 3.47. The second-order valence-electron chi connectivity index (χ2n) is 6.78. The van der Waals surface area contributed by atoms with Crippen LogP contribution in [0.2, 0.25) is 0 Å². The van der Waals surface area contributed by atoms with Crippen molar-refractivity contribution in [2.75, 3.05) is 5.32 Å². The molecule has 1 saturated carbocycles. The first kappa shape index (κ1) is 17.9. The molecule has 5 heteroatoms. The highest BCUT2D eigenvalue weighted by Crippen LogP contribution is 2.30. The molecule has 26 heavy (non-hydrogen) atoms. The molecule has 0 unspecified atom stereocenters. The Labute approximate surface area is 153 Å². The molecule has 0 heterocycles. The summed E-state index contributed by atoms with van der Waals surface area (Å²) in [4.78, 5) is 24.0. The van der Waals surface area contributed by atoms with Gasteiger partial charge in [-0.25, -0.2) is 5.43 Å². The van der Waals surface area contributed by atoms with Crippen LogP contribution >= 0.6 is 0 Å². The molecule has 3 rings (SSSR count). The van der Waals surface area contributed by atoms with Crippen LogP contribution in [0.15, 0.2) is 47.6 Å². The van der Waals surface area contributed by atoms with E-state index in [-0.39, 0.29) is 17.7 Å². The fraction of sp³-hybridized carbons (Fsp3) is 0.286. The second kappa shape index (κ2) is 7.52. The molecule has 0 radical (unpaired) electrons. The zero-order valence-electron chi connectivity index (χ0n) is 15.3. The Kier molecular flexibility index (Phi) is 5.16. The lowest BCUT2D eigenvalue weighted by atomic mass is 10.1. The van der Waals surface area contributed by atoms with Gasteiger partial charge in [0.15, 0.2) is 0 Å². The summed E-state index contributed by atoms with van der Waals surface area (Å²) in [5.41, 5.74) is 7.75. The number of benzene rings is 2. The molecule has 0 aromatic heterocycles. The number of amides is 2. The van der Waals surface area contributed by atoms with E-state index in [0.29, 0.717) is 11.3 Å². The van der Waals surface area contributed by atoms with Crippen LogP contribution in [-0.4, -0.2) is 17.5 Å². The highest BCUT2D eigenvalue weighted by atomic mass is 16.2. The van der Waals surface area contributed by atoms with Gasteiger partial charge in [-0.1, -0.05) is 18.2 Å². The van der Waals surface area contributed by atoms with Gasteiger partial charge in [-0.3, -0.25) is 9.59 Å². The van der Waals surface area contributed by atoms with Crippen molar-refractivity contribution in [2.24, 2.45) is 11.0 Å². The van der Waals surface area contributed by atoms with Crippen molar-refractivity contribution in [3.8, 4) is 0 Å². The fourth-order valence-corrected chi connectivity index (χ4v) is 2.53. The monoisotopic (exact) mass is 349 g/mol. The van der Waals surface area contributed by atoms with Crippen molar-refractivity contribution in [3.05, 3.63) is 64.7 Å². The number of hydrogen-bond acceptors (Lipinski definition) is 3. The van der Waals surface area contributed by atoms with E-state index in [2.05, 4.69) is 15.8 Å². The fourth-order valence-electron chi connectivity index (χ4n) is 2.53. The predicted octanol–water partition coefficient (Wildman–Crippen LogP) is 3.81. The van der Waals surface area contributed by atoms with E-state index in [9.17, 15) is 9.59 Å². The van der Waals surface area contributed by atoms with Gasteiger partial charge in [-0.15, -0.1) is 0 Å². The van der Waals surface area contributed by atoms with Crippen molar-refractivity contribution >= 4 is 23.2 Å².